The third-order valence-electron chi connectivity index (χ3n) is 3.18. The van der Waals surface area contributed by atoms with Crippen LogP contribution in [-0.4, -0.2) is 41.7 Å². The molecule has 0 radical (unpaired) electrons. The first-order valence-corrected chi connectivity index (χ1v) is 7.16. The van der Waals surface area contributed by atoms with Crippen molar-refractivity contribution in [2.24, 2.45) is 0 Å². The highest BCUT2D eigenvalue weighted by Gasteiger charge is 2.20. The van der Waals surface area contributed by atoms with Crippen molar-refractivity contribution in [2.45, 2.75) is 18.9 Å². The van der Waals surface area contributed by atoms with E-state index >= 15 is 0 Å². The fourth-order valence-electron chi connectivity index (χ4n) is 2.27. The van der Waals surface area contributed by atoms with Crippen LogP contribution in [0.25, 0.3) is 0 Å². The number of likely N-dealkylation sites (tertiary alicyclic amines) is 1. The molecule has 1 amide bonds. The molecule has 2 rings (SSSR count). The summed E-state index contributed by atoms with van der Waals surface area (Å²) in [6.07, 6.45) is 1.31. The Bertz CT molecular complexity index is 487. The lowest BCUT2D eigenvalue weighted by atomic mass is 10.1. The number of carbonyl (C=O) groups is 1. The summed E-state index contributed by atoms with van der Waals surface area (Å²) in [5.74, 6) is -0.215. The lowest BCUT2D eigenvalue weighted by Crippen LogP contribution is -2.42. The summed E-state index contributed by atoms with van der Waals surface area (Å²) in [4.78, 5) is 13.9. The van der Waals surface area contributed by atoms with Gasteiger partial charge in [-0.05, 0) is 31.5 Å². The number of nitrogens with zero attached hydrogens (tertiary/aromatic N) is 1. The number of hydrogen-bond acceptors (Lipinski definition) is 4. The minimum atomic E-state index is -0.361. The molecule has 1 aromatic rings. The Morgan fingerprint density at radius 2 is 2.10 bits per heavy atom. The number of rotatable bonds is 3. The first kappa shape index (κ1) is 15.4. The van der Waals surface area contributed by atoms with Crippen LogP contribution in [0.2, 0.25) is 10.0 Å². The Morgan fingerprint density at radius 1 is 1.45 bits per heavy atom. The molecule has 110 valence electrons. The topological polar surface area (TPSA) is 78.6 Å². The van der Waals surface area contributed by atoms with Crippen molar-refractivity contribution in [1.29, 1.82) is 0 Å². The highest BCUT2D eigenvalue weighted by molar-refractivity contribution is 6.40. The molecule has 0 aromatic heterocycles. The van der Waals surface area contributed by atoms with Gasteiger partial charge >= 0.3 is 0 Å². The van der Waals surface area contributed by atoms with Crippen molar-refractivity contribution in [3.63, 3.8) is 0 Å². The van der Waals surface area contributed by atoms with Crippen LogP contribution in [0.1, 0.15) is 12.8 Å². The van der Waals surface area contributed by atoms with Gasteiger partial charge in [-0.25, -0.2) is 0 Å². The quantitative estimate of drug-likeness (QED) is 0.745. The second-order valence-electron chi connectivity index (χ2n) is 4.94. The van der Waals surface area contributed by atoms with Gasteiger partial charge in [-0.2, -0.15) is 0 Å². The molecule has 1 aromatic carbocycles. The fourth-order valence-corrected chi connectivity index (χ4v) is 2.87. The van der Waals surface area contributed by atoms with Crippen molar-refractivity contribution in [2.75, 3.05) is 30.7 Å². The monoisotopic (exact) mass is 317 g/mol. The molecular formula is C13H17Cl2N3O2. The van der Waals surface area contributed by atoms with E-state index in [4.69, 9.17) is 28.9 Å². The van der Waals surface area contributed by atoms with Crippen LogP contribution in [0.4, 0.5) is 11.4 Å². The molecule has 20 heavy (non-hydrogen) atoms. The highest BCUT2D eigenvalue weighted by atomic mass is 35.5. The third kappa shape index (κ3) is 3.99. The van der Waals surface area contributed by atoms with Crippen molar-refractivity contribution >= 4 is 40.5 Å². The molecule has 1 unspecified atom stereocenters. The number of hydrogen-bond donors (Lipinski definition) is 3. The van der Waals surface area contributed by atoms with E-state index in [1.54, 1.807) is 0 Å². The molecule has 1 fully saturated rings. The molecule has 1 atom stereocenters. The standard InChI is InChI=1S/C13H17Cl2N3O2/c14-10-4-8(16)5-11(15)13(10)17-12(20)7-18-3-1-2-9(19)6-18/h4-5,9,19H,1-3,6-7,16H2,(H,17,20). The second kappa shape index (κ2) is 6.63. The highest BCUT2D eigenvalue weighted by Crippen LogP contribution is 2.32. The zero-order chi connectivity index (χ0) is 14.7. The number of β-amino-alcohol motifs (C(OH)–C–C–N with tert-alkyl or cyclic N) is 1. The van der Waals surface area contributed by atoms with Crippen LogP contribution in [0, 0.1) is 0 Å². The lowest BCUT2D eigenvalue weighted by Gasteiger charge is -2.29. The predicted molar refractivity (Wildman–Crippen MR) is 81.2 cm³/mol. The Morgan fingerprint density at radius 3 is 2.70 bits per heavy atom. The summed E-state index contributed by atoms with van der Waals surface area (Å²) in [6.45, 7) is 1.51. The maximum absolute atomic E-state index is 12.0. The number of nitrogen functional groups attached to an aromatic ring is 1. The van der Waals surface area contributed by atoms with Crippen molar-refractivity contribution in [1.82, 2.24) is 4.90 Å². The summed E-state index contributed by atoms with van der Waals surface area (Å²) >= 11 is 12.0. The molecule has 4 N–H and O–H groups in total. The van der Waals surface area contributed by atoms with E-state index in [2.05, 4.69) is 5.32 Å². The van der Waals surface area contributed by atoms with E-state index < -0.39 is 0 Å². The number of anilines is 2. The zero-order valence-corrected chi connectivity index (χ0v) is 12.4. The van der Waals surface area contributed by atoms with Gasteiger partial charge in [0.05, 0.1) is 28.4 Å². The van der Waals surface area contributed by atoms with Gasteiger partial charge in [0.2, 0.25) is 5.91 Å². The Labute approximate surface area is 127 Å². The Hall–Kier alpha value is -1.01. The minimum Gasteiger partial charge on any atom is -0.399 e. The molecule has 1 aliphatic heterocycles. The van der Waals surface area contributed by atoms with Gasteiger partial charge in [0.1, 0.15) is 0 Å². The van der Waals surface area contributed by atoms with Gasteiger partial charge in [0.15, 0.2) is 0 Å². The molecule has 7 heteroatoms. The smallest absolute Gasteiger partial charge is 0.238 e. The van der Waals surface area contributed by atoms with Crippen LogP contribution in [0.5, 0.6) is 0 Å². The minimum absolute atomic E-state index is 0.202. The number of benzene rings is 1. The molecular weight excluding hydrogens is 301 g/mol. The van der Waals surface area contributed by atoms with E-state index in [-0.39, 0.29) is 18.6 Å². The summed E-state index contributed by atoms with van der Waals surface area (Å²) in [7, 11) is 0. The number of nitrogens with two attached hydrogens (primary N) is 1. The zero-order valence-electron chi connectivity index (χ0n) is 10.9. The van der Waals surface area contributed by atoms with E-state index in [1.165, 1.54) is 12.1 Å². The average molecular weight is 318 g/mol. The summed E-state index contributed by atoms with van der Waals surface area (Å²) in [5, 5.41) is 12.9. The number of aliphatic hydroxyl groups excluding tert-OH is 1. The second-order valence-corrected chi connectivity index (χ2v) is 5.75. The number of halogens is 2. The number of amides is 1. The van der Waals surface area contributed by atoms with Gasteiger partial charge in [0, 0.05) is 12.2 Å². The number of piperidine rings is 1. The van der Waals surface area contributed by atoms with Crippen molar-refractivity contribution in [3.8, 4) is 0 Å². The van der Waals surface area contributed by atoms with Gasteiger partial charge in [-0.3, -0.25) is 9.69 Å². The van der Waals surface area contributed by atoms with Crippen molar-refractivity contribution < 1.29 is 9.90 Å². The van der Waals surface area contributed by atoms with Crippen molar-refractivity contribution in [3.05, 3.63) is 22.2 Å². The maximum Gasteiger partial charge on any atom is 0.238 e. The van der Waals surface area contributed by atoms with Gasteiger partial charge in [-0.15, -0.1) is 0 Å². The largest absolute Gasteiger partial charge is 0.399 e. The van der Waals surface area contributed by atoms with Crippen LogP contribution in [0.3, 0.4) is 0 Å². The van der Waals surface area contributed by atoms with E-state index in [0.717, 1.165) is 19.4 Å². The summed E-state index contributed by atoms with van der Waals surface area (Å²) < 4.78 is 0. The fraction of sp³-hybridized carbons (Fsp3) is 0.462. The first-order chi connectivity index (χ1) is 9.45. The lowest BCUT2D eigenvalue weighted by molar-refractivity contribution is -0.118. The average Bonchev–Trinajstić information content (AvgIpc) is 2.33. The van der Waals surface area contributed by atoms with Crippen LogP contribution in [-0.2, 0) is 4.79 Å². The van der Waals surface area contributed by atoms with Crippen LogP contribution in [0.15, 0.2) is 12.1 Å². The Kier molecular flexibility index (Phi) is 5.10. The third-order valence-corrected chi connectivity index (χ3v) is 3.77. The predicted octanol–water partition coefficient (Wildman–Crippen LogP) is 1.97. The molecule has 1 saturated heterocycles. The molecule has 1 heterocycles. The Balaban J connectivity index is 1.98. The molecule has 1 aliphatic rings. The number of carbonyl (C=O) groups excluding carboxylic acids is 1. The van der Waals surface area contributed by atoms with Gasteiger partial charge < -0.3 is 16.2 Å². The van der Waals surface area contributed by atoms with E-state index in [1.807, 2.05) is 4.90 Å². The maximum atomic E-state index is 12.0. The molecule has 0 aliphatic carbocycles. The summed E-state index contributed by atoms with van der Waals surface area (Å²) in [6, 6.07) is 3.07. The molecule has 0 bridgehead atoms. The van der Waals surface area contributed by atoms with Crippen LogP contribution >= 0.6 is 23.2 Å². The SMILES string of the molecule is Nc1cc(Cl)c(NC(=O)CN2CCCC(O)C2)c(Cl)c1. The molecule has 0 saturated carbocycles. The van der Waals surface area contributed by atoms with Gasteiger partial charge in [0.25, 0.3) is 0 Å². The van der Waals surface area contributed by atoms with E-state index in [0.29, 0.717) is 28.0 Å². The first-order valence-electron chi connectivity index (χ1n) is 6.40. The molecule has 0 spiro atoms. The number of aliphatic hydroxyl groups is 1. The van der Waals surface area contributed by atoms with E-state index in [9.17, 15) is 9.90 Å². The van der Waals surface area contributed by atoms with Gasteiger partial charge in [-0.1, -0.05) is 23.2 Å². The van der Waals surface area contributed by atoms with Crippen LogP contribution < -0.4 is 11.1 Å². The molecule has 5 nitrogen and oxygen atoms in total. The summed E-state index contributed by atoms with van der Waals surface area (Å²) in [5.41, 5.74) is 6.41. The normalized spacial score (nSPS) is 19.9. The number of nitrogens with one attached hydrogen (secondary N) is 1.